The van der Waals surface area contributed by atoms with E-state index in [0.717, 1.165) is 22.2 Å². The largest absolute Gasteiger partial charge is 0.360 e. The summed E-state index contributed by atoms with van der Waals surface area (Å²) >= 11 is 0. The van der Waals surface area contributed by atoms with E-state index >= 15 is 0 Å². The van der Waals surface area contributed by atoms with Crippen LogP contribution in [-0.4, -0.2) is 10.9 Å². The number of aromatic amines is 1. The number of aryl methyl sites for hydroxylation is 1. The Morgan fingerprint density at radius 3 is 2.79 bits per heavy atom. The van der Waals surface area contributed by atoms with Gasteiger partial charge in [-0.2, -0.15) is 0 Å². The summed E-state index contributed by atoms with van der Waals surface area (Å²) in [5.41, 5.74) is 3.57. The van der Waals surface area contributed by atoms with Crippen molar-refractivity contribution in [1.82, 2.24) is 4.98 Å². The molecule has 1 amide bonds. The molecule has 2 N–H and O–H groups in total. The molecule has 0 atom stereocenters. The smallest absolute Gasteiger partial charge is 0.257 e. The van der Waals surface area contributed by atoms with Crippen molar-refractivity contribution in [2.24, 2.45) is 0 Å². The molecule has 3 heteroatoms. The molecule has 0 fully saturated rings. The summed E-state index contributed by atoms with van der Waals surface area (Å²) in [5, 5.41) is 3.86. The molecule has 0 aliphatic rings. The number of para-hydroxylation sites is 1. The number of hydrogen-bond donors (Lipinski definition) is 2. The van der Waals surface area contributed by atoms with Gasteiger partial charge in [0.25, 0.3) is 5.91 Å². The molecule has 0 spiro atoms. The molecule has 1 heterocycles. The fourth-order valence-electron chi connectivity index (χ4n) is 2.18. The fraction of sp³-hybridized carbons (Fsp3) is 0.0625. The van der Waals surface area contributed by atoms with Crippen LogP contribution in [0.25, 0.3) is 10.9 Å². The zero-order valence-electron chi connectivity index (χ0n) is 10.6. The van der Waals surface area contributed by atoms with Gasteiger partial charge in [0.2, 0.25) is 0 Å². The van der Waals surface area contributed by atoms with Crippen molar-refractivity contribution in [2.75, 3.05) is 5.32 Å². The summed E-state index contributed by atoms with van der Waals surface area (Å²) in [6.07, 6.45) is 1.75. The minimum absolute atomic E-state index is 0.0944. The predicted octanol–water partition coefficient (Wildman–Crippen LogP) is 3.73. The normalized spacial score (nSPS) is 10.6. The van der Waals surface area contributed by atoms with Crippen LogP contribution >= 0.6 is 0 Å². The Balaban J connectivity index is 1.92. The minimum atomic E-state index is -0.0944. The van der Waals surface area contributed by atoms with E-state index in [9.17, 15) is 4.79 Å². The summed E-state index contributed by atoms with van der Waals surface area (Å²) in [4.78, 5) is 15.4. The SMILES string of the molecule is Cc1cccc(NC(=O)c2c[nH]c3ccccc23)c1. The summed E-state index contributed by atoms with van der Waals surface area (Å²) in [6.45, 7) is 2.00. The lowest BCUT2D eigenvalue weighted by atomic mass is 10.1. The van der Waals surface area contributed by atoms with Crippen molar-refractivity contribution in [1.29, 1.82) is 0 Å². The zero-order chi connectivity index (χ0) is 13.2. The number of rotatable bonds is 2. The van der Waals surface area contributed by atoms with E-state index in [-0.39, 0.29) is 5.91 Å². The molecule has 2 aromatic carbocycles. The first kappa shape index (κ1) is 11.5. The second kappa shape index (κ2) is 4.61. The molecule has 1 aromatic heterocycles. The first-order chi connectivity index (χ1) is 9.24. The van der Waals surface area contributed by atoms with Crippen LogP contribution < -0.4 is 5.32 Å². The van der Waals surface area contributed by atoms with Crippen LogP contribution in [0.3, 0.4) is 0 Å². The van der Waals surface area contributed by atoms with E-state index in [2.05, 4.69) is 10.3 Å². The van der Waals surface area contributed by atoms with E-state index in [1.165, 1.54) is 0 Å². The van der Waals surface area contributed by atoms with Crippen LogP contribution in [0, 0.1) is 6.92 Å². The van der Waals surface area contributed by atoms with Gasteiger partial charge in [-0.05, 0) is 30.7 Å². The molecule has 0 aliphatic heterocycles. The Morgan fingerprint density at radius 2 is 1.95 bits per heavy atom. The van der Waals surface area contributed by atoms with Gasteiger partial charge in [0, 0.05) is 22.8 Å². The van der Waals surface area contributed by atoms with Crippen molar-refractivity contribution in [3.63, 3.8) is 0 Å². The number of nitrogens with one attached hydrogen (secondary N) is 2. The molecule has 0 saturated carbocycles. The molecular formula is C16H14N2O. The zero-order valence-corrected chi connectivity index (χ0v) is 10.6. The van der Waals surface area contributed by atoms with Gasteiger partial charge in [-0.15, -0.1) is 0 Å². The Morgan fingerprint density at radius 1 is 1.11 bits per heavy atom. The molecular weight excluding hydrogens is 236 g/mol. The van der Waals surface area contributed by atoms with E-state index in [1.54, 1.807) is 6.20 Å². The average molecular weight is 250 g/mol. The van der Waals surface area contributed by atoms with Crippen LogP contribution in [0.15, 0.2) is 54.7 Å². The first-order valence-corrected chi connectivity index (χ1v) is 6.18. The Bertz CT molecular complexity index is 743. The second-order valence-corrected chi connectivity index (χ2v) is 4.57. The van der Waals surface area contributed by atoms with Gasteiger partial charge in [0.05, 0.1) is 5.56 Å². The number of carbonyl (C=O) groups is 1. The molecule has 0 aliphatic carbocycles. The van der Waals surface area contributed by atoms with E-state index in [0.29, 0.717) is 5.56 Å². The minimum Gasteiger partial charge on any atom is -0.360 e. The third kappa shape index (κ3) is 2.22. The van der Waals surface area contributed by atoms with Crippen molar-refractivity contribution >= 4 is 22.5 Å². The first-order valence-electron chi connectivity index (χ1n) is 6.18. The maximum Gasteiger partial charge on any atom is 0.257 e. The summed E-state index contributed by atoms with van der Waals surface area (Å²) in [7, 11) is 0. The highest BCUT2D eigenvalue weighted by Gasteiger charge is 2.11. The highest BCUT2D eigenvalue weighted by atomic mass is 16.1. The Kier molecular flexibility index (Phi) is 2.80. The van der Waals surface area contributed by atoms with Gasteiger partial charge < -0.3 is 10.3 Å². The van der Waals surface area contributed by atoms with Gasteiger partial charge in [0.1, 0.15) is 0 Å². The van der Waals surface area contributed by atoms with Crippen molar-refractivity contribution in [2.45, 2.75) is 6.92 Å². The lowest BCUT2D eigenvalue weighted by Gasteiger charge is -2.05. The number of hydrogen-bond acceptors (Lipinski definition) is 1. The number of anilines is 1. The summed E-state index contributed by atoms with van der Waals surface area (Å²) < 4.78 is 0. The lowest BCUT2D eigenvalue weighted by Crippen LogP contribution is -2.11. The van der Waals surface area contributed by atoms with Crippen molar-refractivity contribution < 1.29 is 4.79 Å². The number of carbonyl (C=O) groups excluding carboxylic acids is 1. The standard InChI is InChI=1S/C16H14N2O/c1-11-5-4-6-12(9-11)18-16(19)14-10-17-15-8-3-2-7-13(14)15/h2-10,17H,1H3,(H,18,19). The van der Waals surface area contributed by atoms with Gasteiger partial charge in [-0.1, -0.05) is 30.3 Å². The Labute approximate surface area is 111 Å². The van der Waals surface area contributed by atoms with Gasteiger partial charge in [-0.25, -0.2) is 0 Å². The average Bonchev–Trinajstić information content (AvgIpc) is 2.82. The molecule has 0 bridgehead atoms. The second-order valence-electron chi connectivity index (χ2n) is 4.57. The third-order valence-electron chi connectivity index (χ3n) is 3.11. The van der Waals surface area contributed by atoms with E-state index in [4.69, 9.17) is 0 Å². The van der Waals surface area contributed by atoms with Gasteiger partial charge >= 0.3 is 0 Å². The molecule has 0 radical (unpaired) electrons. The molecule has 0 unspecified atom stereocenters. The van der Waals surface area contributed by atoms with Crippen molar-refractivity contribution in [3.8, 4) is 0 Å². The Hall–Kier alpha value is -2.55. The van der Waals surface area contributed by atoms with Crippen LogP contribution in [0.1, 0.15) is 15.9 Å². The van der Waals surface area contributed by atoms with Crippen molar-refractivity contribution in [3.05, 3.63) is 65.9 Å². The number of aromatic nitrogens is 1. The summed E-state index contributed by atoms with van der Waals surface area (Å²) in [6, 6.07) is 15.5. The maximum absolute atomic E-state index is 12.3. The monoisotopic (exact) mass is 250 g/mol. The number of fused-ring (bicyclic) bond motifs is 1. The molecule has 0 saturated heterocycles. The molecule has 3 rings (SSSR count). The quantitative estimate of drug-likeness (QED) is 0.715. The van der Waals surface area contributed by atoms with Gasteiger partial charge in [0.15, 0.2) is 0 Å². The number of amides is 1. The maximum atomic E-state index is 12.3. The highest BCUT2D eigenvalue weighted by Crippen LogP contribution is 2.19. The summed E-state index contributed by atoms with van der Waals surface area (Å²) in [5.74, 6) is -0.0944. The fourth-order valence-corrected chi connectivity index (χ4v) is 2.18. The third-order valence-corrected chi connectivity index (χ3v) is 3.11. The van der Waals surface area contributed by atoms with Crippen LogP contribution in [0.4, 0.5) is 5.69 Å². The number of H-pyrrole nitrogens is 1. The molecule has 94 valence electrons. The number of benzene rings is 2. The van der Waals surface area contributed by atoms with Crippen LogP contribution in [-0.2, 0) is 0 Å². The van der Waals surface area contributed by atoms with Gasteiger partial charge in [-0.3, -0.25) is 4.79 Å². The van der Waals surface area contributed by atoms with Crippen LogP contribution in [0.5, 0.6) is 0 Å². The highest BCUT2D eigenvalue weighted by molar-refractivity contribution is 6.12. The topological polar surface area (TPSA) is 44.9 Å². The molecule has 3 aromatic rings. The van der Waals surface area contributed by atoms with Crippen LogP contribution in [0.2, 0.25) is 0 Å². The van der Waals surface area contributed by atoms with E-state index < -0.39 is 0 Å². The van der Waals surface area contributed by atoms with E-state index in [1.807, 2.05) is 55.5 Å². The lowest BCUT2D eigenvalue weighted by molar-refractivity contribution is 0.102. The molecule has 3 nitrogen and oxygen atoms in total. The molecule has 19 heavy (non-hydrogen) atoms. The predicted molar refractivity (Wildman–Crippen MR) is 77.4 cm³/mol.